The Labute approximate surface area is 113 Å². The van der Waals surface area contributed by atoms with E-state index in [4.69, 9.17) is 0 Å². The van der Waals surface area contributed by atoms with Crippen LogP contribution in [-0.2, 0) is 4.79 Å². The Morgan fingerprint density at radius 1 is 1.56 bits per heavy atom. The molecule has 0 aromatic carbocycles. The van der Waals surface area contributed by atoms with Crippen LogP contribution in [0.5, 0.6) is 0 Å². The average molecular weight is 266 g/mol. The zero-order valence-corrected chi connectivity index (χ0v) is 11.8. The molecule has 1 aliphatic heterocycles. The van der Waals surface area contributed by atoms with Crippen molar-refractivity contribution in [3.05, 3.63) is 22.4 Å². The van der Waals surface area contributed by atoms with Gasteiger partial charge in [-0.15, -0.1) is 11.3 Å². The normalized spacial score (nSPS) is 18.5. The molecule has 0 aliphatic carbocycles. The standard InChI is InChI=1S/C14H22N2OS/c1-2-4-12(13-5-3-10-18-13)16-14(17)11-6-8-15-9-7-11/h3,5,10-12,15H,2,4,6-9H2,1H3,(H,16,17). The number of hydrogen-bond donors (Lipinski definition) is 2. The van der Waals surface area contributed by atoms with Crippen molar-refractivity contribution in [2.45, 2.75) is 38.6 Å². The zero-order valence-electron chi connectivity index (χ0n) is 10.9. The minimum Gasteiger partial charge on any atom is -0.348 e. The molecule has 0 radical (unpaired) electrons. The molecule has 2 rings (SSSR count). The first-order valence-electron chi connectivity index (χ1n) is 6.85. The summed E-state index contributed by atoms with van der Waals surface area (Å²) in [4.78, 5) is 13.5. The van der Waals surface area contributed by atoms with Crippen molar-refractivity contribution >= 4 is 17.2 Å². The monoisotopic (exact) mass is 266 g/mol. The van der Waals surface area contributed by atoms with Gasteiger partial charge in [-0.05, 0) is 43.8 Å². The molecule has 1 unspecified atom stereocenters. The maximum Gasteiger partial charge on any atom is 0.223 e. The zero-order chi connectivity index (χ0) is 12.8. The van der Waals surface area contributed by atoms with E-state index in [0.717, 1.165) is 38.8 Å². The van der Waals surface area contributed by atoms with E-state index in [2.05, 4.69) is 35.1 Å². The van der Waals surface area contributed by atoms with Crippen molar-refractivity contribution in [3.63, 3.8) is 0 Å². The average Bonchev–Trinajstić information content (AvgIpc) is 2.93. The fraction of sp³-hybridized carbons (Fsp3) is 0.643. The highest BCUT2D eigenvalue weighted by Gasteiger charge is 2.23. The summed E-state index contributed by atoms with van der Waals surface area (Å²) in [5, 5.41) is 8.61. The lowest BCUT2D eigenvalue weighted by Crippen LogP contribution is -2.39. The molecule has 0 spiro atoms. The van der Waals surface area contributed by atoms with Crippen LogP contribution < -0.4 is 10.6 Å². The summed E-state index contributed by atoms with van der Waals surface area (Å²) in [7, 11) is 0. The third-order valence-corrected chi connectivity index (χ3v) is 4.48. The van der Waals surface area contributed by atoms with Crippen molar-refractivity contribution < 1.29 is 4.79 Å². The van der Waals surface area contributed by atoms with Gasteiger partial charge in [-0.25, -0.2) is 0 Å². The predicted octanol–water partition coefficient (Wildman–Crippen LogP) is 2.71. The van der Waals surface area contributed by atoms with E-state index in [-0.39, 0.29) is 17.9 Å². The van der Waals surface area contributed by atoms with Crippen molar-refractivity contribution in [1.82, 2.24) is 10.6 Å². The molecule has 1 saturated heterocycles. The Bertz CT molecular complexity index is 358. The Balaban J connectivity index is 1.93. The number of rotatable bonds is 5. The van der Waals surface area contributed by atoms with Crippen LogP contribution in [0.3, 0.4) is 0 Å². The SMILES string of the molecule is CCCC(NC(=O)C1CCNCC1)c1cccs1. The van der Waals surface area contributed by atoms with Crippen LogP contribution in [0.1, 0.15) is 43.5 Å². The molecule has 1 aromatic heterocycles. The molecule has 2 heterocycles. The molecular weight excluding hydrogens is 244 g/mol. The first kappa shape index (κ1) is 13.6. The topological polar surface area (TPSA) is 41.1 Å². The highest BCUT2D eigenvalue weighted by Crippen LogP contribution is 2.24. The quantitative estimate of drug-likeness (QED) is 0.860. The summed E-state index contributed by atoms with van der Waals surface area (Å²) in [5.41, 5.74) is 0. The lowest BCUT2D eigenvalue weighted by Gasteiger charge is -2.25. The van der Waals surface area contributed by atoms with Crippen molar-refractivity contribution in [1.29, 1.82) is 0 Å². The fourth-order valence-corrected chi connectivity index (χ4v) is 3.25. The minimum absolute atomic E-state index is 0.200. The lowest BCUT2D eigenvalue weighted by molar-refractivity contribution is -0.126. The fourth-order valence-electron chi connectivity index (χ4n) is 2.44. The second-order valence-electron chi connectivity index (χ2n) is 4.89. The van der Waals surface area contributed by atoms with Gasteiger partial charge >= 0.3 is 0 Å². The highest BCUT2D eigenvalue weighted by atomic mass is 32.1. The van der Waals surface area contributed by atoms with Gasteiger partial charge in [0.15, 0.2) is 0 Å². The number of carbonyl (C=O) groups is 1. The number of thiophene rings is 1. The molecule has 1 atom stereocenters. The molecule has 100 valence electrons. The van der Waals surface area contributed by atoms with Crippen LogP contribution in [0.25, 0.3) is 0 Å². The Morgan fingerprint density at radius 2 is 2.33 bits per heavy atom. The highest BCUT2D eigenvalue weighted by molar-refractivity contribution is 7.10. The molecule has 0 saturated carbocycles. The van der Waals surface area contributed by atoms with Crippen molar-refractivity contribution in [3.8, 4) is 0 Å². The lowest BCUT2D eigenvalue weighted by atomic mass is 9.96. The molecule has 4 heteroatoms. The van der Waals surface area contributed by atoms with Gasteiger partial charge in [-0.2, -0.15) is 0 Å². The first-order valence-corrected chi connectivity index (χ1v) is 7.73. The van der Waals surface area contributed by atoms with E-state index in [1.165, 1.54) is 4.88 Å². The molecule has 1 amide bonds. The van der Waals surface area contributed by atoms with Gasteiger partial charge in [0.25, 0.3) is 0 Å². The molecule has 0 bridgehead atoms. The smallest absolute Gasteiger partial charge is 0.223 e. The number of nitrogens with one attached hydrogen (secondary N) is 2. The third-order valence-electron chi connectivity index (χ3n) is 3.49. The van der Waals surface area contributed by atoms with E-state index < -0.39 is 0 Å². The minimum atomic E-state index is 0.200. The summed E-state index contributed by atoms with van der Waals surface area (Å²) in [5.74, 6) is 0.439. The Kier molecular flexibility index (Phi) is 5.20. The van der Waals surface area contributed by atoms with Gasteiger partial charge < -0.3 is 10.6 Å². The van der Waals surface area contributed by atoms with Gasteiger partial charge in [0.1, 0.15) is 0 Å². The van der Waals surface area contributed by atoms with E-state index in [9.17, 15) is 4.79 Å². The summed E-state index contributed by atoms with van der Waals surface area (Å²) in [6.07, 6.45) is 4.05. The van der Waals surface area contributed by atoms with Gasteiger partial charge in [0, 0.05) is 10.8 Å². The van der Waals surface area contributed by atoms with Crippen LogP contribution in [0.4, 0.5) is 0 Å². The summed E-state index contributed by atoms with van der Waals surface area (Å²) in [6.45, 7) is 4.10. The van der Waals surface area contributed by atoms with E-state index in [1.54, 1.807) is 11.3 Å². The predicted molar refractivity (Wildman–Crippen MR) is 75.7 cm³/mol. The second kappa shape index (κ2) is 6.90. The van der Waals surface area contributed by atoms with Gasteiger partial charge in [0.2, 0.25) is 5.91 Å². The van der Waals surface area contributed by atoms with Crippen LogP contribution in [-0.4, -0.2) is 19.0 Å². The largest absolute Gasteiger partial charge is 0.348 e. The molecule has 3 nitrogen and oxygen atoms in total. The summed E-state index contributed by atoms with van der Waals surface area (Å²) < 4.78 is 0. The maximum atomic E-state index is 12.2. The van der Waals surface area contributed by atoms with E-state index in [1.807, 2.05) is 0 Å². The van der Waals surface area contributed by atoms with Crippen molar-refractivity contribution in [2.24, 2.45) is 5.92 Å². The first-order chi connectivity index (χ1) is 8.81. The van der Waals surface area contributed by atoms with Crippen LogP contribution >= 0.6 is 11.3 Å². The summed E-state index contributed by atoms with van der Waals surface area (Å²) in [6, 6.07) is 4.38. The maximum absolute atomic E-state index is 12.2. The van der Waals surface area contributed by atoms with Crippen LogP contribution in [0, 0.1) is 5.92 Å². The molecule has 1 aromatic rings. The van der Waals surface area contributed by atoms with Gasteiger partial charge in [-0.1, -0.05) is 19.4 Å². The van der Waals surface area contributed by atoms with Crippen LogP contribution in [0.2, 0.25) is 0 Å². The molecule has 2 N–H and O–H groups in total. The van der Waals surface area contributed by atoms with Crippen LogP contribution in [0.15, 0.2) is 17.5 Å². The van der Waals surface area contributed by atoms with E-state index >= 15 is 0 Å². The Hall–Kier alpha value is -0.870. The second-order valence-corrected chi connectivity index (χ2v) is 5.87. The number of amides is 1. The van der Waals surface area contributed by atoms with Crippen molar-refractivity contribution in [2.75, 3.05) is 13.1 Å². The number of piperidine rings is 1. The summed E-state index contributed by atoms with van der Waals surface area (Å²) >= 11 is 1.73. The number of carbonyl (C=O) groups excluding carboxylic acids is 1. The van der Waals surface area contributed by atoms with Gasteiger partial charge in [-0.3, -0.25) is 4.79 Å². The third kappa shape index (κ3) is 3.56. The molecule has 1 aliphatic rings. The van der Waals surface area contributed by atoms with E-state index in [0.29, 0.717) is 0 Å². The Morgan fingerprint density at radius 3 is 2.94 bits per heavy atom. The number of hydrogen-bond acceptors (Lipinski definition) is 3. The molecular formula is C14H22N2OS. The van der Waals surface area contributed by atoms with Gasteiger partial charge in [0.05, 0.1) is 6.04 Å². The molecule has 1 fully saturated rings. The molecule has 18 heavy (non-hydrogen) atoms.